The summed E-state index contributed by atoms with van der Waals surface area (Å²) in [5, 5.41) is 3.78. The maximum atomic E-state index is 12.7. The van der Waals surface area contributed by atoms with Crippen molar-refractivity contribution in [2.75, 3.05) is 0 Å². The average Bonchev–Trinajstić information content (AvgIpc) is 2.53. The van der Waals surface area contributed by atoms with Crippen molar-refractivity contribution in [3.63, 3.8) is 0 Å². The summed E-state index contributed by atoms with van der Waals surface area (Å²) in [4.78, 5) is 0.335. The van der Waals surface area contributed by atoms with Gasteiger partial charge in [-0.25, -0.2) is 13.1 Å². The minimum atomic E-state index is -3.49. The van der Waals surface area contributed by atoms with Crippen molar-refractivity contribution >= 4 is 10.0 Å². The lowest BCUT2D eigenvalue weighted by Gasteiger charge is -2.53. The van der Waals surface area contributed by atoms with Gasteiger partial charge < -0.3 is 5.32 Å². The lowest BCUT2D eigenvalue weighted by Crippen LogP contribution is -2.68. The Morgan fingerprint density at radius 1 is 1.17 bits per heavy atom. The summed E-state index contributed by atoms with van der Waals surface area (Å²) in [7, 11) is -3.49. The van der Waals surface area contributed by atoms with Crippen LogP contribution in [-0.4, -0.2) is 25.5 Å². The molecule has 130 valence electrons. The van der Waals surface area contributed by atoms with E-state index in [2.05, 4.69) is 44.7 Å². The molecule has 2 rings (SSSR count). The number of nitrogens with one attached hydrogen (secondary N) is 2. The number of hydrogen-bond acceptors (Lipinski definition) is 3. The zero-order valence-electron chi connectivity index (χ0n) is 14.9. The quantitative estimate of drug-likeness (QED) is 0.866. The second-order valence-electron chi connectivity index (χ2n) is 7.34. The molecule has 1 heterocycles. The van der Waals surface area contributed by atoms with Crippen molar-refractivity contribution < 1.29 is 8.42 Å². The van der Waals surface area contributed by atoms with Crippen molar-refractivity contribution in [3.05, 3.63) is 30.3 Å². The molecule has 1 aliphatic heterocycles. The normalized spacial score (nSPS) is 35.2. The molecule has 1 fully saturated rings. The summed E-state index contributed by atoms with van der Waals surface area (Å²) in [5.41, 5.74) is -0.131. The molecule has 0 radical (unpaired) electrons. The van der Waals surface area contributed by atoms with Gasteiger partial charge in [-0.3, -0.25) is 0 Å². The molecule has 5 heteroatoms. The minimum Gasteiger partial charge on any atom is -0.306 e. The van der Waals surface area contributed by atoms with Gasteiger partial charge in [0.15, 0.2) is 0 Å². The lowest BCUT2D eigenvalue weighted by molar-refractivity contribution is 0.0672. The molecule has 23 heavy (non-hydrogen) atoms. The van der Waals surface area contributed by atoms with Gasteiger partial charge in [0, 0.05) is 17.1 Å². The van der Waals surface area contributed by atoms with Crippen LogP contribution < -0.4 is 10.0 Å². The Balaban J connectivity index is 2.30. The molecular formula is C18H30N2O2S. The van der Waals surface area contributed by atoms with E-state index in [4.69, 9.17) is 0 Å². The summed E-state index contributed by atoms with van der Waals surface area (Å²) >= 11 is 0. The smallest absolute Gasteiger partial charge is 0.240 e. The SMILES string of the molecule is CCC1(C)CC(NS(=O)(=O)c2ccccc2)C(C)C(C)(CC)N1. The van der Waals surface area contributed by atoms with Crippen molar-refractivity contribution in [2.24, 2.45) is 5.92 Å². The first-order valence-corrected chi connectivity index (χ1v) is 10.0. The summed E-state index contributed by atoms with van der Waals surface area (Å²) in [6.07, 6.45) is 2.73. The van der Waals surface area contributed by atoms with E-state index in [1.54, 1.807) is 24.3 Å². The Morgan fingerprint density at radius 2 is 1.78 bits per heavy atom. The zero-order chi connectivity index (χ0) is 17.3. The average molecular weight is 339 g/mol. The monoisotopic (exact) mass is 338 g/mol. The summed E-state index contributed by atoms with van der Waals surface area (Å²) in [5.74, 6) is 0.214. The first kappa shape index (κ1) is 18.4. The highest BCUT2D eigenvalue weighted by atomic mass is 32.2. The van der Waals surface area contributed by atoms with E-state index in [1.165, 1.54) is 0 Å². The molecule has 0 spiro atoms. The molecule has 0 bridgehead atoms. The third-order valence-electron chi connectivity index (χ3n) is 5.74. The van der Waals surface area contributed by atoms with Gasteiger partial charge >= 0.3 is 0 Å². The van der Waals surface area contributed by atoms with Gasteiger partial charge in [0.25, 0.3) is 0 Å². The molecule has 0 aromatic heterocycles. The van der Waals surface area contributed by atoms with E-state index in [-0.39, 0.29) is 23.0 Å². The van der Waals surface area contributed by atoms with Crippen LogP contribution in [0.1, 0.15) is 53.9 Å². The fourth-order valence-electron chi connectivity index (χ4n) is 3.61. The molecular weight excluding hydrogens is 308 g/mol. The van der Waals surface area contributed by atoms with E-state index in [1.807, 2.05) is 6.07 Å². The van der Waals surface area contributed by atoms with Crippen LogP contribution >= 0.6 is 0 Å². The van der Waals surface area contributed by atoms with Gasteiger partial charge in [0.2, 0.25) is 10.0 Å². The summed E-state index contributed by atoms with van der Waals surface area (Å²) in [6.45, 7) is 10.9. The lowest BCUT2D eigenvalue weighted by atomic mass is 9.69. The second kappa shape index (κ2) is 6.54. The number of benzene rings is 1. The largest absolute Gasteiger partial charge is 0.306 e. The van der Waals surface area contributed by atoms with E-state index >= 15 is 0 Å². The highest BCUT2D eigenvalue weighted by molar-refractivity contribution is 7.89. The fraction of sp³-hybridized carbons (Fsp3) is 0.667. The van der Waals surface area contributed by atoms with Crippen LogP contribution in [0.3, 0.4) is 0 Å². The van der Waals surface area contributed by atoms with Gasteiger partial charge in [-0.2, -0.15) is 0 Å². The summed E-state index contributed by atoms with van der Waals surface area (Å²) in [6, 6.07) is 8.56. The molecule has 4 nitrogen and oxygen atoms in total. The predicted octanol–water partition coefficient (Wildman–Crippen LogP) is 3.30. The Labute approximate surface area is 141 Å². The van der Waals surface area contributed by atoms with Crippen LogP contribution in [0.4, 0.5) is 0 Å². The third-order valence-corrected chi connectivity index (χ3v) is 7.25. The molecule has 4 atom stereocenters. The summed E-state index contributed by atoms with van der Waals surface area (Å²) < 4.78 is 28.4. The molecule has 1 aromatic rings. The van der Waals surface area contributed by atoms with Crippen molar-refractivity contribution in [2.45, 2.75) is 75.9 Å². The van der Waals surface area contributed by atoms with E-state index in [0.717, 1.165) is 19.3 Å². The number of sulfonamides is 1. The van der Waals surface area contributed by atoms with Gasteiger partial charge in [-0.15, -0.1) is 0 Å². The highest BCUT2D eigenvalue weighted by Gasteiger charge is 2.47. The van der Waals surface area contributed by atoms with Crippen molar-refractivity contribution in [1.29, 1.82) is 0 Å². The Kier molecular flexibility index (Phi) is 5.24. The maximum Gasteiger partial charge on any atom is 0.240 e. The van der Waals surface area contributed by atoms with E-state index in [9.17, 15) is 8.42 Å². The Hall–Kier alpha value is -0.910. The van der Waals surface area contributed by atoms with Crippen LogP contribution in [0.2, 0.25) is 0 Å². The van der Waals surface area contributed by atoms with Gasteiger partial charge in [-0.05, 0) is 51.2 Å². The standard InChI is InChI=1S/C18H30N2O2S/c1-6-17(4)13-16(14(3)18(5,7-2)20-17)19-23(21,22)15-11-9-8-10-12-15/h8-12,14,16,19-20H,6-7,13H2,1-5H3. The maximum absolute atomic E-state index is 12.7. The molecule has 4 unspecified atom stereocenters. The fourth-order valence-corrected chi connectivity index (χ4v) is 4.95. The molecule has 1 saturated heterocycles. The minimum absolute atomic E-state index is 0.0544. The molecule has 0 aliphatic carbocycles. The van der Waals surface area contributed by atoms with Crippen LogP contribution in [0.15, 0.2) is 35.2 Å². The molecule has 0 saturated carbocycles. The van der Waals surface area contributed by atoms with Crippen LogP contribution in [-0.2, 0) is 10.0 Å². The van der Waals surface area contributed by atoms with Crippen molar-refractivity contribution in [1.82, 2.24) is 10.0 Å². The highest BCUT2D eigenvalue weighted by Crippen LogP contribution is 2.37. The van der Waals surface area contributed by atoms with Crippen LogP contribution in [0.25, 0.3) is 0 Å². The van der Waals surface area contributed by atoms with Crippen LogP contribution in [0.5, 0.6) is 0 Å². The topological polar surface area (TPSA) is 58.2 Å². The third kappa shape index (κ3) is 3.78. The molecule has 2 N–H and O–H groups in total. The molecule has 1 aliphatic rings. The number of piperidine rings is 1. The van der Waals surface area contributed by atoms with Crippen molar-refractivity contribution in [3.8, 4) is 0 Å². The second-order valence-corrected chi connectivity index (χ2v) is 9.06. The van der Waals surface area contributed by atoms with Gasteiger partial charge in [0.05, 0.1) is 4.90 Å². The zero-order valence-corrected chi connectivity index (χ0v) is 15.7. The number of hydrogen-bond donors (Lipinski definition) is 2. The molecule has 1 aromatic carbocycles. The number of rotatable bonds is 5. The molecule has 0 amide bonds. The van der Waals surface area contributed by atoms with E-state index < -0.39 is 10.0 Å². The Bertz CT molecular complexity index is 632. The van der Waals surface area contributed by atoms with Gasteiger partial charge in [-0.1, -0.05) is 39.0 Å². The first-order valence-electron chi connectivity index (χ1n) is 8.52. The first-order chi connectivity index (χ1) is 10.7. The van der Waals surface area contributed by atoms with Gasteiger partial charge in [0.1, 0.15) is 0 Å². The van der Waals surface area contributed by atoms with Crippen LogP contribution in [0, 0.1) is 5.92 Å². The Morgan fingerprint density at radius 3 is 2.30 bits per heavy atom. The van der Waals surface area contributed by atoms with E-state index in [0.29, 0.717) is 4.90 Å². The predicted molar refractivity (Wildman–Crippen MR) is 94.9 cm³/mol.